The van der Waals surface area contributed by atoms with E-state index in [1.54, 1.807) is 30.5 Å². The molecule has 0 aliphatic heterocycles. The highest BCUT2D eigenvalue weighted by molar-refractivity contribution is 7.13. The molecule has 27 heavy (non-hydrogen) atoms. The first-order valence-corrected chi connectivity index (χ1v) is 9.56. The largest absolute Gasteiger partial charge is 0.396 e. The van der Waals surface area contributed by atoms with Gasteiger partial charge >= 0.3 is 0 Å². The van der Waals surface area contributed by atoms with Crippen LogP contribution in [0.3, 0.4) is 0 Å². The third-order valence-electron chi connectivity index (χ3n) is 3.41. The summed E-state index contributed by atoms with van der Waals surface area (Å²) in [5.74, 6) is -0.955. The number of halogens is 1. The predicted molar refractivity (Wildman–Crippen MR) is 111 cm³/mol. The lowest BCUT2D eigenvalue weighted by Gasteiger charge is -2.12. The number of carbonyl (C=O) groups excluding carboxylic acids is 1. The fraction of sp³-hybridized carbons (Fsp3) is 0.300. The molecule has 5 nitrogen and oxygen atoms in total. The van der Waals surface area contributed by atoms with Crippen LogP contribution in [-0.2, 0) is 0 Å². The summed E-state index contributed by atoms with van der Waals surface area (Å²) in [7, 11) is 0. The average molecular weight is 392 g/mol. The van der Waals surface area contributed by atoms with Gasteiger partial charge in [0, 0.05) is 12.0 Å². The van der Waals surface area contributed by atoms with Crippen LogP contribution in [0.25, 0.3) is 10.1 Å². The van der Waals surface area contributed by atoms with Crippen LogP contribution in [-0.4, -0.2) is 22.0 Å². The second kappa shape index (κ2) is 11.3. The smallest absolute Gasteiger partial charge is 0.250 e. The van der Waals surface area contributed by atoms with Crippen molar-refractivity contribution in [2.45, 2.75) is 34.1 Å². The molecular formula is C20H26FN3O2S. The van der Waals surface area contributed by atoms with E-state index in [1.165, 1.54) is 17.6 Å². The van der Waals surface area contributed by atoms with E-state index in [0.717, 1.165) is 22.1 Å². The molecule has 0 aliphatic rings. The van der Waals surface area contributed by atoms with E-state index in [9.17, 15) is 9.18 Å². The van der Waals surface area contributed by atoms with Gasteiger partial charge in [-0.3, -0.25) is 4.79 Å². The molecule has 0 saturated heterocycles. The minimum absolute atomic E-state index is 0.293. The highest BCUT2D eigenvalue weighted by Crippen LogP contribution is 2.32. The maximum atomic E-state index is 14.0. The number of nitrogens with two attached hydrogens (primary N) is 1. The molecule has 0 atom stereocenters. The molecule has 2 aromatic carbocycles. The Labute approximate surface area is 163 Å². The van der Waals surface area contributed by atoms with Crippen molar-refractivity contribution >= 4 is 38.9 Å². The lowest BCUT2D eigenvalue weighted by Crippen LogP contribution is -2.13. The third kappa shape index (κ3) is 6.01. The molecule has 3 rings (SSSR count). The van der Waals surface area contributed by atoms with Gasteiger partial charge < -0.3 is 16.2 Å². The van der Waals surface area contributed by atoms with Crippen molar-refractivity contribution in [1.29, 1.82) is 0 Å². The number of nitrogens with zero attached hydrogens (tertiary/aromatic N) is 1. The second-order valence-corrected chi connectivity index (χ2v) is 6.26. The van der Waals surface area contributed by atoms with Crippen LogP contribution >= 0.6 is 11.5 Å². The van der Waals surface area contributed by atoms with Crippen LogP contribution in [0.15, 0.2) is 36.5 Å². The molecule has 0 aliphatic carbocycles. The lowest BCUT2D eigenvalue weighted by atomic mass is 10.1. The van der Waals surface area contributed by atoms with Crippen molar-refractivity contribution < 1.29 is 14.3 Å². The first kappa shape index (κ1) is 22.5. The lowest BCUT2D eigenvalue weighted by molar-refractivity contribution is 0.100. The van der Waals surface area contributed by atoms with E-state index in [-0.39, 0.29) is 5.82 Å². The predicted octanol–water partition coefficient (Wildman–Crippen LogP) is 5.00. The Morgan fingerprint density at radius 3 is 2.52 bits per heavy atom. The number of carbonyl (C=O) groups is 1. The summed E-state index contributed by atoms with van der Waals surface area (Å²) in [6.45, 7) is 8.06. The minimum Gasteiger partial charge on any atom is -0.396 e. The van der Waals surface area contributed by atoms with Crippen molar-refractivity contribution in [3.8, 4) is 0 Å². The van der Waals surface area contributed by atoms with Gasteiger partial charge in [-0.1, -0.05) is 26.8 Å². The standard InChI is InChI=1S/C15H12FN3OS.C3H8O.C2H6/c1-8-2-4-12(11(16)6-8)19-14-9(15(17)20)3-5-13-10(14)7-18-21-13;1-2-3-4;1-2/h2-7,19H,1H3,(H2,17,20);4H,2-3H2,1H3;1-2H3. The molecule has 7 heteroatoms. The van der Waals surface area contributed by atoms with Gasteiger partial charge in [0.2, 0.25) is 0 Å². The summed E-state index contributed by atoms with van der Waals surface area (Å²) in [5.41, 5.74) is 7.31. The number of rotatable bonds is 4. The number of hydrogen-bond donors (Lipinski definition) is 3. The molecule has 1 amide bonds. The molecule has 146 valence electrons. The van der Waals surface area contributed by atoms with Gasteiger partial charge in [-0.2, -0.15) is 4.37 Å². The monoisotopic (exact) mass is 391 g/mol. The van der Waals surface area contributed by atoms with Crippen molar-refractivity contribution in [2.75, 3.05) is 11.9 Å². The van der Waals surface area contributed by atoms with Gasteiger partial charge in [0.15, 0.2) is 0 Å². The van der Waals surface area contributed by atoms with E-state index in [0.29, 0.717) is 23.5 Å². The minimum atomic E-state index is -0.571. The van der Waals surface area contributed by atoms with Crippen molar-refractivity contribution in [3.05, 3.63) is 53.5 Å². The van der Waals surface area contributed by atoms with E-state index in [2.05, 4.69) is 9.69 Å². The summed E-state index contributed by atoms with van der Waals surface area (Å²) in [6, 6.07) is 8.26. The van der Waals surface area contributed by atoms with E-state index in [1.807, 2.05) is 27.7 Å². The molecular weight excluding hydrogens is 365 g/mol. The molecule has 0 unspecified atom stereocenters. The normalized spacial score (nSPS) is 9.70. The fourth-order valence-corrected chi connectivity index (χ4v) is 2.79. The number of nitrogens with one attached hydrogen (secondary N) is 1. The number of fused-ring (bicyclic) bond motifs is 1. The first-order valence-electron chi connectivity index (χ1n) is 8.79. The third-order valence-corrected chi connectivity index (χ3v) is 4.18. The SMILES string of the molecule is CC.CCCO.Cc1ccc(Nc2c(C(N)=O)ccc3sncc23)c(F)c1. The van der Waals surface area contributed by atoms with Gasteiger partial charge in [-0.15, -0.1) is 0 Å². The first-order chi connectivity index (χ1) is 13.0. The summed E-state index contributed by atoms with van der Waals surface area (Å²) >= 11 is 1.30. The van der Waals surface area contributed by atoms with E-state index >= 15 is 0 Å². The molecule has 4 N–H and O–H groups in total. The molecule has 0 spiro atoms. The maximum Gasteiger partial charge on any atom is 0.250 e. The van der Waals surface area contributed by atoms with Crippen LogP contribution in [0.5, 0.6) is 0 Å². The van der Waals surface area contributed by atoms with Crippen LogP contribution in [0, 0.1) is 12.7 Å². The Hall–Kier alpha value is -2.51. The molecule has 0 fully saturated rings. The number of aliphatic hydroxyl groups is 1. The number of aryl methyl sites for hydroxylation is 1. The number of anilines is 2. The quantitative estimate of drug-likeness (QED) is 0.584. The van der Waals surface area contributed by atoms with Crippen LogP contribution in [0.2, 0.25) is 0 Å². The van der Waals surface area contributed by atoms with Gasteiger partial charge in [0.1, 0.15) is 5.82 Å². The maximum absolute atomic E-state index is 14.0. The van der Waals surface area contributed by atoms with Gasteiger partial charge in [0.05, 0.1) is 27.8 Å². The number of benzene rings is 2. The molecule has 3 aromatic rings. The Morgan fingerprint density at radius 1 is 1.30 bits per heavy atom. The topological polar surface area (TPSA) is 88.2 Å². The Balaban J connectivity index is 0.000000541. The number of primary amides is 1. The highest BCUT2D eigenvalue weighted by Gasteiger charge is 2.15. The zero-order valence-corrected chi connectivity index (χ0v) is 16.9. The zero-order chi connectivity index (χ0) is 20.4. The van der Waals surface area contributed by atoms with Gasteiger partial charge in [-0.05, 0) is 54.7 Å². The van der Waals surface area contributed by atoms with E-state index < -0.39 is 5.91 Å². The molecule has 0 bridgehead atoms. The van der Waals surface area contributed by atoms with Crippen LogP contribution in [0.4, 0.5) is 15.8 Å². The number of aromatic nitrogens is 1. The molecule has 1 heterocycles. The average Bonchev–Trinajstić information content (AvgIpc) is 3.15. The Kier molecular flexibility index (Phi) is 9.39. The number of aliphatic hydroxyl groups excluding tert-OH is 1. The van der Waals surface area contributed by atoms with Crippen LogP contribution < -0.4 is 11.1 Å². The number of hydrogen-bond acceptors (Lipinski definition) is 5. The van der Waals surface area contributed by atoms with E-state index in [4.69, 9.17) is 10.8 Å². The molecule has 0 saturated carbocycles. The van der Waals surface area contributed by atoms with Crippen molar-refractivity contribution in [3.63, 3.8) is 0 Å². The van der Waals surface area contributed by atoms with Crippen molar-refractivity contribution in [2.24, 2.45) is 5.73 Å². The Bertz CT molecular complexity index is 879. The second-order valence-electron chi connectivity index (χ2n) is 5.42. The zero-order valence-electron chi connectivity index (χ0n) is 16.0. The van der Waals surface area contributed by atoms with Crippen LogP contribution in [0.1, 0.15) is 43.1 Å². The Morgan fingerprint density at radius 2 is 1.96 bits per heavy atom. The summed E-state index contributed by atoms with van der Waals surface area (Å²) in [6.07, 6.45) is 2.51. The van der Waals surface area contributed by atoms with Gasteiger partial charge in [0.25, 0.3) is 5.91 Å². The van der Waals surface area contributed by atoms with Gasteiger partial charge in [-0.25, -0.2) is 4.39 Å². The molecule has 0 radical (unpaired) electrons. The summed E-state index contributed by atoms with van der Waals surface area (Å²) in [5, 5.41) is 11.6. The fourth-order valence-electron chi connectivity index (χ4n) is 2.14. The summed E-state index contributed by atoms with van der Waals surface area (Å²) < 4.78 is 19.0. The summed E-state index contributed by atoms with van der Waals surface area (Å²) in [4.78, 5) is 11.6. The molecule has 1 aromatic heterocycles. The number of amides is 1. The highest BCUT2D eigenvalue weighted by atomic mass is 32.1. The van der Waals surface area contributed by atoms with Crippen molar-refractivity contribution in [1.82, 2.24) is 4.37 Å².